The second kappa shape index (κ2) is 7.19. The van der Waals surface area contributed by atoms with Crippen LogP contribution in [0, 0.1) is 6.92 Å². The highest BCUT2D eigenvalue weighted by Gasteiger charge is 2.27. The Kier molecular flexibility index (Phi) is 4.71. The van der Waals surface area contributed by atoms with Crippen LogP contribution in [0.1, 0.15) is 34.8 Å². The highest BCUT2D eigenvalue weighted by molar-refractivity contribution is 5.94. The number of hydrogen-bond acceptors (Lipinski definition) is 4. The Morgan fingerprint density at radius 1 is 1.07 bits per heavy atom. The number of amides is 1. The lowest BCUT2D eigenvalue weighted by Crippen LogP contribution is -2.40. The number of piperidine rings is 1. The Hall–Kier alpha value is -3.02. The fourth-order valence-corrected chi connectivity index (χ4v) is 3.90. The first-order chi connectivity index (χ1) is 13.4. The van der Waals surface area contributed by atoms with Crippen molar-refractivity contribution in [3.8, 4) is 0 Å². The number of aryl methyl sites for hydroxylation is 1. The molecule has 1 aromatic heterocycles. The van der Waals surface area contributed by atoms with Crippen molar-refractivity contribution in [1.29, 1.82) is 0 Å². The van der Waals surface area contributed by atoms with Crippen LogP contribution in [0.3, 0.4) is 0 Å². The molecule has 146 valence electrons. The molecular formula is C22H25N3O3. The van der Waals surface area contributed by atoms with Gasteiger partial charge in [-0.05, 0) is 61.7 Å². The SMILES string of the molecule is Cc1ccc2c(c1)oc(=O)n2C1CCN(C(=O)c2ccc(N(C)C)cc2)CC1. The van der Waals surface area contributed by atoms with Gasteiger partial charge in [0.15, 0.2) is 5.58 Å². The summed E-state index contributed by atoms with van der Waals surface area (Å²) < 4.78 is 7.18. The van der Waals surface area contributed by atoms with Gasteiger partial charge in [0.2, 0.25) is 0 Å². The molecule has 0 N–H and O–H groups in total. The van der Waals surface area contributed by atoms with Gasteiger partial charge in [-0.15, -0.1) is 0 Å². The highest BCUT2D eigenvalue weighted by atomic mass is 16.4. The fourth-order valence-electron chi connectivity index (χ4n) is 3.90. The number of aromatic nitrogens is 1. The summed E-state index contributed by atoms with van der Waals surface area (Å²) in [7, 11) is 3.95. The molecule has 0 saturated carbocycles. The lowest BCUT2D eigenvalue weighted by Gasteiger charge is -2.32. The summed E-state index contributed by atoms with van der Waals surface area (Å²) >= 11 is 0. The van der Waals surface area contributed by atoms with Gasteiger partial charge in [0.25, 0.3) is 5.91 Å². The van der Waals surface area contributed by atoms with E-state index >= 15 is 0 Å². The molecule has 1 amide bonds. The van der Waals surface area contributed by atoms with Crippen molar-refractivity contribution in [2.75, 3.05) is 32.1 Å². The molecule has 1 aliphatic heterocycles. The summed E-state index contributed by atoms with van der Waals surface area (Å²) in [5.41, 5.74) is 4.29. The van der Waals surface area contributed by atoms with Crippen LogP contribution in [-0.2, 0) is 0 Å². The van der Waals surface area contributed by atoms with Gasteiger partial charge in [0.1, 0.15) is 0 Å². The van der Waals surface area contributed by atoms with Crippen molar-refractivity contribution in [2.45, 2.75) is 25.8 Å². The number of nitrogens with zero attached hydrogens (tertiary/aromatic N) is 3. The Morgan fingerprint density at radius 3 is 2.39 bits per heavy atom. The number of anilines is 1. The van der Waals surface area contributed by atoms with E-state index < -0.39 is 0 Å². The molecule has 3 aromatic rings. The van der Waals surface area contributed by atoms with E-state index in [1.54, 1.807) is 4.57 Å². The largest absolute Gasteiger partial charge is 0.420 e. The average Bonchev–Trinajstić information content (AvgIpc) is 3.02. The number of rotatable bonds is 3. The van der Waals surface area contributed by atoms with Crippen LogP contribution >= 0.6 is 0 Å². The second-order valence-electron chi connectivity index (χ2n) is 7.67. The first-order valence-electron chi connectivity index (χ1n) is 9.62. The number of benzene rings is 2. The van der Waals surface area contributed by atoms with E-state index in [-0.39, 0.29) is 17.7 Å². The summed E-state index contributed by atoms with van der Waals surface area (Å²) in [5, 5.41) is 0. The molecule has 6 nitrogen and oxygen atoms in total. The topological polar surface area (TPSA) is 58.7 Å². The van der Waals surface area contributed by atoms with E-state index in [2.05, 4.69) is 0 Å². The molecule has 0 aliphatic carbocycles. The van der Waals surface area contributed by atoms with Gasteiger partial charge in [0, 0.05) is 44.5 Å². The minimum Gasteiger partial charge on any atom is -0.408 e. The molecule has 2 heterocycles. The third kappa shape index (κ3) is 3.30. The number of oxazole rings is 1. The third-order valence-corrected chi connectivity index (χ3v) is 5.52. The van der Waals surface area contributed by atoms with Crippen LogP contribution in [0.5, 0.6) is 0 Å². The van der Waals surface area contributed by atoms with E-state index in [0.29, 0.717) is 24.2 Å². The van der Waals surface area contributed by atoms with E-state index in [9.17, 15) is 9.59 Å². The van der Waals surface area contributed by atoms with Gasteiger partial charge in [0.05, 0.1) is 5.52 Å². The first kappa shape index (κ1) is 18.3. The summed E-state index contributed by atoms with van der Waals surface area (Å²) in [6.45, 7) is 3.24. The zero-order valence-electron chi connectivity index (χ0n) is 16.5. The minimum atomic E-state index is -0.315. The Morgan fingerprint density at radius 2 is 1.75 bits per heavy atom. The van der Waals surface area contributed by atoms with Gasteiger partial charge < -0.3 is 14.2 Å². The van der Waals surface area contributed by atoms with Crippen LogP contribution in [0.2, 0.25) is 0 Å². The van der Waals surface area contributed by atoms with Crippen molar-refractivity contribution in [3.63, 3.8) is 0 Å². The van der Waals surface area contributed by atoms with Crippen molar-refractivity contribution in [3.05, 3.63) is 64.1 Å². The van der Waals surface area contributed by atoms with Crippen LogP contribution < -0.4 is 10.7 Å². The maximum atomic E-state index is 12.8. The molecular weight excluding hydrogens is 354 g/mol. The highest BCUT2D eigenvalue weighted by Crippen LogP contribution is 2.27. The zero-order chi connectivity index (χ0) is 19.8. The lowest BCUT2D eigenvalue weighted by molar-refractivity contribution is 0.0694. The minimum absolute atomic E-state index is 0.0452. The Bertz CT molecular complexity index is 1050. The molecule has 0 radical (unpaired) electrons. The summed E-state index contributed by atoms with van der Waals surface area (Å²) in [6, 6.07) is 13.5. The molecule has 0 spiro atoms. The molecule has 6 heteroatoms. The molecule has 2 aromatic carbocycles. The summed E-state index contributed by atoms with van der Waals surface area (Å²) in [6.07, 6.45) is 1.48. The van der Waals surface area contributed by atoms with Gasteiger partial charge in [-0.1, -0.05) is 6.07 Å². The smallest absolute Gasteiger partial charge is 0.408 e. The van der Waals surface area contributed by atoms with Crippen LogP contribution in [0.15, 0.2) is 51.7 Å². The van der Waals surface area contributed by atoms with Crippen molar-refractivity contribution >= 4 is 22.7 Å². The maximum Gasteiger partial charge on any atom is 0.420 e. The standard InChI is InChI=1S/C22H25N3O3/c1-15-4-9-19-20(14-15)28-22(27)25(19)18-10-12-24(13-11-18)21(26)16-5-7-17(8-6-16)23(2)3/h4-9,14,18H,10-13H2,1-3H3. The van der Waals surface area contributed by atoms with Gasteiger partial charge in [-0.2, -0.15) is 0 Å². The van der Waals surface area contributed by atoms with E-state index in [1.165, 1.54) is 0 Å². The number of fused-ring (bicyclic) bond motifs is 1. The number of carbonyl (C=O) groups is 1. The van der Waals surface area contributed by atoms with Crippen molar-refractivity contribution in [2.24, 2.45) is 0 Å². The molecule has 4 rings (SSSR count). The van der Waals surface area contributed by atoms with Crippen LogP contribution in [0.25, 0.3) is 11.1 Å². The lowest BCUT2D eigenvalue weighted by atomic mass is 10.0. The van der Waals surface area contributed by atoms with E-state index in [1.807, 2.05) is 73.3 Å². The molecule has 1 saturated heterocycles. The molecule has 1 aliphatic rings. The predicted molar refractivity (Wildman–Crippen MR) is 110 cm³/mol. The monoisotopic (exact) mass is 379 g/mol. The van der Waals surface area contributed by atoms with E-state index in [0.717, 1.165) is 29.6 Å². The summed E-state index contributed by atoms with van der Waals surface area (Å²) in [5.74, 6) is -0.270. The molecule has 1 fully saturated rings. The van der Waals surface area contributed by atoms with Gasteiger partial charge in [-0.25, -0.2) is 4.79 Å². The quantitative estimate of drug-likeness (QED) is 0.699. The Balaban J connectivity index is 1.48. The predicted octanol–water partition coefficient (Wildman–Crippen LogP) is 3.45. The third-order valence-electron chi connectivity index (χ3n) is 5.52. The number of likely N-dealkylation sites (tertiary alicyclic amines) is 1. The normalized spacial score (nSPS) is 15.2. The Labute approximate surface area is 164 Å². The molecule has 0 atom stereocenters. The number of carbonyl (C=O) groups excluding carboxylic acids is 1. The van der Waals surface area contributed by atoms with Crippen molar-refractivity contribution < 1.29 is 9.21 Å². The van der Waals surface area contributed by atoms with Crippen LogP contribution in [0.4, 0.5) is 5.69 Å². The number of hydrogen-bond donors (Lipinski definition) is 0. The first-order valence-corrected chi connectivity index (χ1v) is 9.62. The fraction of sp³-hybridized carbons (Fsp3) is 0.364. The average molecular weight is 379 g/mol. The maximum absolute atomic E-state index is 12.8. The van der Waals surface area contributed by atoms with E-state index in [4.69, 9.17) is 4.42 Å². The second-order valence-corrected chi connectivity index (χ2v) is 7.67. The molecule has 0 bridgehead atoms. The molecule has 0 unspecified atom stereocenters. The van der Waals surface area contributed by atoms with Gasteiger partial charge >= 0.3 is 5.76 Å². The van der Waals surface area contributed by atoms with Crippen LogP contribution in [-0.4, -0.2) is 42.6 Å². The molecule has 28 heavy (non-hydrogen) atoms. The van der Waals surface area contributed by atoms with Gasteiger partial charge in [-0.3, -0.25) is 9.36 Å². The summed E-state index contributed by atoms with van der Waals surface area (Å²) in [4.78, 5) is 29.1. The van der Waals surface area contributed by atoms with Crippen molar-refractivity contribution in [1.82, 2.24) is 9.47 Å². The zero-order valence-corrected chi connectivity index (χ0v) is 16.5.